The van der Waals surface area contributed by atoms with Gasteiger partial charge in [0, 0.05) is 13.1 Å². The first kappa shape index (κ1) is 21.6. The number of amides is 2. The van der Waals surface area contributed by atoms with Crippen LogP contribution in [0, 0.1) is 0 Å². The molecule has 0 aromatic heterocycles. The molecule has 0 fully saturated rings. The fourth-order valence-corrected chi connectivity index (χ4v) is 2.81. The zero-order chi connectivity index (χ0) is 20.5. The summed E-state index contributed by atoms with van der Waals surface area (Å²) in [6, 6.07) is 13.6. The Morgan fingerprint density at radius 2 is 1.82 bits per heavy atom. The molecule has 6 nitrogen and oxygen atoms in total. The maximum atomic E-state index is 12.9. The number of carbonyl (C=O) groups is 2. The van der Waals surface area contributed by atoms with Gasteiger partial charge in [0.25, 0.3) is 5.91 Å². The summed E-state index contributed by atoms with van der Waals surface area (Å²) in [5.41, 5.74) is 0.878. The SMILES string of the molecule is CCNC(=O)C(C)N(Cc1ccc(OC)cc1)C(=O)COc1ccccc1Cl. The molecule has 0 heterocycles. The first-order valence-corrected chi connectivity index (χ1v) is 9.41. The van der Waals surface area contributed by atoms with Gasteiger partial charge in [0.15, 0.2) is 6.61 Å². The molecule has 150 valence electrons. The lowest BCUT2D eigenvalue weighted by Crippen LogP contribution is -2.49. The van der Waals surface area contributed by atoms with Gasteiger partial charge in [0.1, 0.15) is 17.5 Å². The highest BCUT2D eigenvalue weighted by Crippen LogP contribution is 2.23. The van der Waals surface area contributed by atoms with Gasteiger partial charge in [-0.3, -0.25) is 9.59 Å². The summed E-state index contributed by atoms with van der Waals surface area (Å²) in [6.45, 7) is 4.07. The largest absolute Gasteiger partial charge is 0.497 e. The van der Waals surface area contributed by atoms with E-state index in [1.165, 1.54) is 4.90 Å². The van der Waals surface area contributed by atoms with Crippen LogP contribution in [0.25, 0.3) is 0 Å². The Morgan fingerprint density at radius 1 is 1.14 bits per heavy atom. The van der Waals surface area contributed by atoms with E-state index in [1.54, 1.807) is 38.3 Å². The fraction of sp³-hybridized carbons (Fsp3) is 0.333. The van der Waals surface area contributed by atoms with Crippen molar-refractivity contribution in [2.45, 2.75) is 26.4 Å². The maximum Gasteiger partial charge on any atom is 0.261 e. The van der Waals surface area contributed by atoms with Crippen molar-refractivity contribution in [3.8, 4) is 11.5 Å². The van der Waals surface area contributed by atoms with Gasteiger partial charge >= 0.3 is 0 Å². The minimum atomic E-state index is -0.649. The van der Waals surface area contributed by atoms with Crippen LogP contribution in [-0.4, -0.2) is 43.0 Å². The molecule has 0 saturated carbocycles. The number of ether oxygens (including phenoxy) is 2. The third-order valence-electron chi connectivity index (χ3n) is 4.22. The van der Waals surface area contributed by atoms with Gasteiger partial charge in [-0.2, -0.15) is 0 Å². The van der Waals surface area contributed by atoms with E-state index in [0.29, 0.717) is 17.3 Å². The Labute approximate surface area is 170 Å². The molecular formula is C21H25ClN2O4. The van der Waals surface area contributed by atoms with E-state index >= 15 is 0 Å². The summed E-state index contributed by atoms with van der Waals surface area (Å²) in [6.07, 6.45) is 0. The number of hydrogen-bond donors (Lipinski definition) is 1. The Morgan fingerprint density at radius 3 is 2.43 bits per heavy atom. The number of benzene rings is 2. The summed E-state index contributed by atoms with van der Waals surface area (Å²) in [4.78, 5) is 26.7. The van der Waals surface area contributed by atoms with E-state index in [-0.39, 0.29) is 25.0 Å². The minimum Gasteiger partial charge on any atom is -0.497 e. The van der Waals surface area contributed by atoms with Crippen LogP contribution >= 0.6 is 11.6 Å². The van der Waals surface area contributed by atoms with Crippen molar-refractivity contribution in [2.24, 2.45) is 0 Å². The lowest BCUT2D eigenvalue weighted by molar-refractivity contribution is -0.142. The molecule has 7 heteroatoms. The van der Waals surface area contributed by atoms with Gasteiger partial charge in [-0.1, -0.05) is 35.9 Å². The van der Waals surface area contributed by atoms with Crippen LogP contribution in [0.4, 0.5) is 0 Å². The second-order valence-corrected chi connectivity index (χ2v) is 6.57. The number of hydrogen-bond acceptors (Lipinski definition) is 4. The minimum absolute atomic E-state index is 0.219. The van der Waals surface area contributed by atoms with Gasteiger partial charge in [0.05, 0.1) is 12.1 Å². The van der Waals surface area contributed by atoms with Crippen molar-refractivity contribution in [1.82, 2.24) is 10.2 Å². The van der Waals surface area contributed by atoms with Crippen molar-refractivity contribution in [3.05, 3.63) is 59.1 Å². The average molecular weight is 405 g/mol. The molecule has 0 aliphatic rings. The van der Waals surface area contributed by atoms with E-state index in [0.717, 1.165) is 11.3 Å². The first-order chi connectivity index (χ1) is 13.5. The zero-order valence-electron chi connectivity index (χ0n) is 16.3. The van der Waals surface area contributed by atoms with Crippen LogP contribution in [0.1, 0.15) is 19.4 Å². The highest BCUT2D eigenvalue weighted by Gasteiger charge is 2.26. The van der Waals surface area contributed by atoms with Gasteiger partial charge in [-0.05, 0) is 43.7 Å². The monoisotopic (exact) mass is 404 g/mol. The normalized spacial score (nSPS) is 11.4. The molecule has 0 radical (unpaired) electrons. The molecule has 0 aliphatic heterocycles. The number of halogens is 1. The van der Waals surface area contributed by atoms with E-state index in [9.17, 15) is 9.59 Å². The van der Waals surface area contributed by atoms with Crippen molar-refractivity contribution in [1.29, 1.82) is 0 Å². The molecule has 2 aromatic rings. The Kier molecular flexibility index (Phi) is 8.14. The summed E-state index contributed by atoms with van der Waals surface area (Å²) in [7, 11) is 1.59. The zero-order valence-corrected chi connectivity index (χ0v) is 17.0. The summed E-state index contributed by atoms with van der Waals surface area (Å²) in [5.74, 6) is 0.615. The lowest BCUT2D eigenvalue weighted by atomic mass is 10.1. The molecule has 2 amide bonds. The van der Waals surface area contributed by atoms with Crippen molar-refractivity contribution in [3.63, 3.8) is 0 Å². The van der Waals surface area contributed by atoms with Crippen LogP contribution in [-0.2, 0) is 16.1 Å². The van der Waals surface area contributed by atoms with E-state index in [4.69, 9.17) is 21.1 Å². The highest BCUT2D eigenvalue weighted by molar-refractivity contribution is 6.32. The van der Waals surface area contributed by atoms with Gasteiger partial charge in [0.2, 0.25) is 5.91 Å². The van der Waals surface area contributed by atoms with Crippen LogP contribution in [0.15, 0.2) is 48.5 Å². The molecule has 28 heavy (non-hydrogen) atoms. The lowest BCUT2D eigenvalue weighted by Gasteiger charge is -2.28. The molecular weight excluding hydrogens is 380 g/mol. The quantitative estimate of drug-likeness (QED) is 0.696. The molecule has 2 aromatic carbocycles. The standard InChI is InChI=1S/C21H25ClN2O4/c1-4-23-21(26)15(2)24(13-16-9-11-17(27-3)12-10-16)20(25)14-28-19-8-6-5-7-18(19)22/h5-12,15H,4,13-14H2,1-3H3,(H,23,26). The molecule has 1 unspecified atom stereocenters. The smallest absolute Gasteiger partial charge is 0.261 e. The third kappa shape index (κ3) is 5.89. The number of nitrogens with zero attached hydrogens (tertiary/aromatic N) is 1. The summed E-state index contributed by atoms with van der Waals surface area (Å²) >= 11 is 6.07. The number of methoxy groups -OCH3 is 1. The molecule has 1 N–H and O–H groups in total. The average Bonchev–Trinajstić information content (AvgIpc) is 2.71. The number of nitrogens with one attached hydrogen (secondary N) is 1. The number of rotatable bonds is 9. The van der Waals surface area contributed by atoms with E-state index < -0.39 is 6.04 Å². The van der Waals surface area contributed by atoms with Gasteiger partial charge in [-0.15, -0.1) is 0 Å². The Bertz CT molecular complexity index is 795. The van der Waals surface area contributed by atoms with Crippen molar-refractivity contribution < 1.29 is 19.1 Å². The van der Waals surface area contributed by atoms with E-state index in [1.807, 2.05) is 31.2 Å². The number of para-hydroxylation sites is 1. The van der Waals surface area contributed by atoms with Crippen LogP contribution in [0.5, 0.6) is 11.5 Å². The Hall–Kier alpha value is -2.73. The second kappa shape index (κ2) is 10.6. The molecule has 0 spiro atoms. The predicted molar refractivity (Wildman–Crippen MR) is 109 cm³/mol. The number of carbonyl (C=O) groups excluding carboxylic acids is 2. The topological polar surface area (TPSA) is 67.9 Å². The number of likely N-dealkylation sites (N-methyl/N-ethyl adjacent to an activating group) is 1. The summed E-state index contributed by atoms with van der Waals surface area (Å²) in [5, 5.41) is 3.18. The van der Waals surface area contributed by atoms with Gasteiger partial charge in [-0.25, -0.2) is 0 Å². The molecule has 0 aliphatic carbocycles. The molecule has 0 bridgehead atoms. The van der Waals surface area contributed by atoms with E-state index in [2.05, 4.69) is 5.32 Å². The third-order valence-corrected chi connectivity index (χ3v) is 4.53. The fourth-order valence-electron chi connectivity index (χ4n) is 2.62. The molecule has 1 atom stereocenters. The molecule has 2 rings (SSSR count). The second-order valence-electron chi connectivity index (χ2n) is 6.16. The Balaban J connectivity index is 2.14. The molecule has 0 saturated heterocycles. The van der Waals surface area contributed by atoms with Gasteiger partial charge < -0.3 is 19.7 Å². The summed E-state index contributed by atoms with van der Waals surface area (Å²) < 4.78 is 10.7. The predicted octanol–water partition coefficient (Wildman–Crippen LogP) is 3.28. The maximum absolute atomic E-state index is 12.9. The first-order valence-electron chi connectivity index (χ1n) is 9.03. The van der Waals surface area contributed by atoms with Crippen molar-refractivity contribution >= 4 is 23.4 Å². The highest BCUT2D eigenvalue weighted by atomic mass is 35.5. The van der Waals surface area contributed by atoms with Crippen LogP contribution < -0.4 is 14.8 Å². The van der Waals surface area contributed by atoms with Crippen LogP contribution in [0.3, 0.4) is 0 Å². The van der Waals surface area contributed by atoms with Crippen molar-refractivity contribution in [2.75, 3.05) is 20.3 Å². The van der Waals surface area contributed by atoms with Crippen LogP contribution in [0.2, 0.25) is 5.02 Å².